The Bertz CT molecular complexity index is 539. The van der Waals surface area contributed by atoms with Crippen molar-refractivity contribution >= 4 is 17.2 Å². The van der Waals surface area contributed by atoms with E-state index in [1.807, 2.05) is 21.8 Å². The van der Waals surface area contributed by atoms with Gasteiger partial charge in [-0.25, -0.2) is 0 Å². The van der Waals surface area contributed by atoms with Crippen LogP contribution in [0.3, 0.4) is 0 Å². The lowest BCUT2D eigenvalue weighted by atomic mass is 10.2. The molecule has 1 amide bonds. The zero-order chi connectivity index (χ0) is 14.1. The molecule has 5 nitrogen and oxygen atoms in total. The van der Waals surface area contributed by atoms with Gasteiger partial charge >= 0.3 is 4.87 Å². The molecule has 1 saturated carbocycles. The molecule has 110 valence electrons. The number of rotatable bonds is 4. The van der Waals surface area contributed by atoms with Gasteiger partial charge in [0.15, 0.2) is 0 Å². The van der Waals surface area contributed by atoms with E-state index in [0.717, 1.165) is 57.8 Å². The molecule has 20 heavy (non-hydrogen) atoms. The minimum absolute atomic E-state index is 0.130. The fourth-order valence-electron chi connectivity index (χ4n) is 2.70. The van der Waals surface area contributed by atoms with Gasteiger partial charge in [-0.05, 0) is 19.8 Å². The molecule has 0 atom stereocenters. The second-order valence-electron chi connectivity index (χ2n) is 5.74. The summed E-state index contributed by atoms with van der Waals surface area (Å²) in [5.41, 5.74) is 1.04. The van der Waals surface area contributed by atoms with Gasteiger partial charge in [-0.1, -0.05) is 11.3 Å². The van der Waals surface area contributed by atoms with Crippen LogP contribution in [0.5, 0.6) is 0 Å². The smallest absolute Gasteiger partial charge is 0.307 e. The van der Waals surface area contributed by atoms with Gasteiger partial charge in [-0.2, -0.15) is 0 Å². The molecule has 6 heteroatoms. The van der Waals surface area contributed by atoms with Crippen molar-refractivity contribution in [3.05, 3.63) is 20.7 Å². The number of hydrogen-bond donors (Lipinski definition) is 0. The van der Waals surface area contributed by atoms with Crippen LogP contribution in [0.25, 0.3) is 0 Å². The number of carbonyl (C=O) groups is 1. The highest BCUT2D eigenvalue weighted by Gasteiger charge is 2.34. The van der Waals surface area contributed by atoms with Crippen LogP contribution >= 0.6 is 11.3 Å². The van der Waals surface area contributed by atoms with Crippen molar-refractivity contribution in [1.29, 1.82) is 0 Å². The number of nitrogens with zero attached hydrogens (tertiary/aromatic N) is 3. The Balaban J connectivity index is 1.47. The molecule has 2 fully saturated rings. The second kappa shape index (κ2) is 5.69. The van der Waals surface area contributed by atoms with Crippen molar-refractivity contribution in [3.8, 4) is 0 Å². The Morgan fingerprint density at radius 2 is 1.95 bits per heavy atom. The van der Waals surface area contributed by atoms with Crippen molar-refractivity contribution in [2.75, 3.05) is 32.7 Å². The predicted octanol–water partition coefficient (Wildman–Crippen LogP) is 0.772. The normalized spacial score (nSPS) is 20.4. The van der Waals surface area contributed by atoms with Gasteiger partial charge in [-0.3, -0.25) is 14.5 Å². The van der Waals surface area contributed by atoms with E-state index in [-0.39, 0.29) is 4.87 Å². The van der Waals surface area contributed by atoms with Crippen molar-refractivity contribution in [2.24, 2.45) is 5.92 Å². The standard InChI is InChI=1S/C14H21N3O2S/c1-11-10-20-14(19)17(11)9-6-15-4-7-16(8-5-15)13(18)12-2-3-12/h10,12H,2-9H2,1H3. The van der Waals surface area contributed by atoms with Gasteiger partial charge in [0.2, 0.25) is 5.91 Å². The first-order valence-electron chi connectivity index (χ1n) is 7.31. The molecular weight excluding hydrogens is 274 g/mol. The molecular formula is C14H21N3O2S. The van der Waals surface area contributed by atoms with Gasteiger partial charge in [0.05, 0.1) is 0 Å². The third-order valence-corrected chi connectivity index (χ3v) is 5.11. The molecule has 0 spiro atoms. The van der Waals surface area contributed by atoms with Crippen LogP contribution in [0.1, 0.15) is 18.5 Å². The molecule has 0 bridgehead atoms. The number of thiazole rings is 1. The first-order chi connectivity index (χ1) is 9.65. The molecule has 3 rings (SSSR count). The Labute approximate surface area is 122 Å². The quantitative estimate of drug-likeness (QED) is 0.824. The topological polar surface area (TPSA) is 45.6 Å². The molecule has 1 aliphatic heterocycles. The summed E-state index contributed by atoms with van der Waals surface area (Å²) < 4.78 is 1.84. The van der Waals surface area contributed by atoms with Gasteiger partial charge in [0, 0.05) is 56.3 Å². The van der Waals surface area contributed by atoms with E-state index in [0.29, 0.717) is 11.8 Å². The Hall–Kier alpha value is -1.14. The zero-order valence-electron chi connectivity index (χ0n) is 11.9. The van der Waals surface area contributed by atoms with Crippen LogP contribution in [0.2, 0.25) is 0 Å². The van der Waals surface area contributed by atoms with Crippen LogP contribution in [0.4, 0.5) is 0 Å². The summed E-state index contributed by atoms with van der Waals surface area (Å²) in [6.07, 6.45) is 2.17. The van der Waals surface area contributed by atoms with E-state index in [2.05, 4.69) is 4.90 Å². The summed E-state index contributed by atoms with van der Waals surface area (Å²) >= 11 is 1.27. The van der Waals surface area contributed by atoms with E-state index < -0.39 is 0 Å². The number of piperazine rings is 1. The number of aryl methyl sites for hydroxylation is 1. The van der Waals surface area contributed by atoms with Crippen molar-refractivity contribution in [2.45, 2.75) is 26.3 Å². The molecule has 0 unspecified atom stereocenters. The lowest BCUT2D eigenvalue weighted by Crippen LogP contribution is -2.50. The van der Waals surface area contributed by atoms with E-state index in [1.165, 1.54) is 11.3 Å². The van der Waals surface area contributed by atoms with Gasteiger partial charge in [-0.15, -0.1) is 0 Å². The summed E-state index contributed by atoms with van der Waals surface area (Å²) in [6.45, 7) is 7.16. The Morgan fingerprint density at radius 1 is 1.25 bits per heavy atom. The summed E-state index contributed by atoms with van der Waals surface area (Å²) in [6, 6.07) is 0. The van der Waals surface area contributed by atoms with Crippen molar-refractivity contribution in [1.82, 2.24) is 14.4 Å². The number of amides is 1. The third-order valence-electron chi connectivity index (χ3n) is 4.23. The predicted molar refractivity (Wildman–Crippen MR) is 79.1 cm³/mol. The van der Waals surface area contributed by atoms with Gasteiger partial charge in [0.25, 0.3) is 0 Å². The molecule has 2 heterocycles. The van der Waals surface area contributed by atoms with E-state index in [1.54, 1.807) is 0 Å². The number of aromatic nitrogens is 1. The molecule has 0 radical (unpaired) electrons. The summed E-state index contributed by atoms with van der Waals surface area (Å²) in [7, 11) is 0. The SMILES string of the molecule is Cc1csc(=O)n1CCN1CCN(C(=O)C2CC2)CC1. The van der Waals surface area contributed by atoms with Crippen molar-refractivity contribution < 1.29 is 4.79 Å². The maximum Gasteiger partial charge on any atom is 0.307 e. The first kappa shape index (κ1) is 13.8. The van der Waals surface area contributed by atoms with E-state index >= 15 is 0 Å². The Kier molecular flexibility index (Phi) is 3.94. The van der Waals surface area contributed by atoms with Gasteiger partial charge < -0.3 is 9.47 Å². The third kappa shape index (κ3) is 2.96. The Morgan fingerprint density at radius 3 is 2.50 bits per heavy atom. The molecule has 1 aliphatic carbocycles. The minimum Gasteiger partial charge on any atom is -0.340 e. The van der Waals surface area contributed by atoms with Gasteiger partial charge in [0.1, 0.15) is 0 Å². The molecule has 1 aromatic rings. The summed E-state index contributed by atoms with van der Waals surface area (Å²) in [4.78, 5) is 28.1. The fourth-order valence-corrected chi connectivity index (χ4v) is 3.46. The van der Waals surface area contributed by atoms with Crippen LogP contribution in [0, 0.1) is 12.8 Å². The monoisotopic (exact) mass is 295 g/mol. The average Bonchev–Trinajstić information content (AvgIpc) is 3.25. The fraction of sp³-hybridized carbons (Fsp3) is 0.714. The van der Waals surface area contributed by atoms with Crippen LogP contribution in [-0.4, -0.2) is 53.0 Å². The van der Waals surface area contributed by atoms with Crippen LogP contribution in [-0.2, 0) is 11.3 Å². The lowest BCUT2D eigenvalue weighted by molar-refractivity contribution is -0.134. The maximum atomic E-state index is 12.0. The number of carbonyl (C=O) groups excluding carboxylic acids is 1. The second-order valence-corrected chi connectivity index (χ2v) is 6.56. The van der Waals surface area contributed by atoms with E-state index in [4.69, 9.17) is 0 Å². The van der Waals surface area contributed by atoms with Crippen LogP contribution < -0.4 is 4.87 Å². The molecule has 1 saturated heterocycles. The van der Waals surface area contributed by atoms with Crippen LogP contribution in [0.15, 0.2) is 10.2 Å². The molecule has 2 aliphatic rings. The molecule has 0 N–H and O–H groups in total. The first-order valence-corrected chi connectivity index (χ1v) is 8.19. The lowest BCUT2D eigenvalue weighted by Gasteiger charge is -2.34. The highest BCUT2D eigenvalue weighted by molar-refractivity contribution is 7.07. The largest absolute Gasteiger partial charge is 0.340 e. The van der Waals surface area contributed by atoms with Crippen molar-refractivity contribution in [3.63, 3.8) is 0 Å². The highest BCUT2D eigenvalue weighted by atomic mass is 32.1. The average molecular weight is 295 g/mol. The minimum atomic E-state index is 0.130. The maximum absolute atomic E-state index is 12.0. The van der Waals surface area contributed by atoms with E-state index in [9.17, 15) is 9.59 Å². The zero-order valence-corrected chi connectivity index (χ0v) is 12.7. The highest BCUT2D eigenvalue weighted by Crippen LogP contribution is 2.31. The number of hydrogen-bond acceptors (Lipinski definition) is 4. The molecule has 1 aromatic heterocycles. The molecule has 0 aromatic carbocycles. The summed E-state index contributed by atoms with van der Waals surface area (Å²) in [5, 5.41) is 1.91. The summed E-state index contributed by atoms with van der Waals surface area (Å²) in [5.74, 6) is 0.683.